The molecule has 0 spiro atoms. The highest BCUT2D eigenvalue weighted by Gasteiger charge is 2.18. The molecule has 1 amide bonds. The second-order valence-electron chi connectivity index (χ2n) is 6.51. The van der Waals surface area contributed by atoms with Gasteiger partial charge in [-0.05, 0) is 38.7 Å². The van der Waals surface area contributed by atoms with Crippen molar-refractivity contribution in [2.24, 2.45) is 5.92 Å². The molecule has 130 valence electrons. The Morgan fingerprint density at radius 2 is 2.09 bits per heavy atom. The molecule has 5 heteroatoms. The van der Waals surface area contributed by atoms with Gasteiger partial charge in [0.1, 0.15) is 0 Å². The quantitative estimate of drug-likeness (QED) is 0.687. The minimum atomic E-state index is -0.166. The van der Waals surface area contributed by atoms with Crippen LogP contribution in [0.1, 0.15) is 50.6 Å². The Kier molecular flexibility index (Phi) is 7.49. The maximum absolute atomic E-state index is 12.1. The van der Waals surface area contributed by atoms with Crippen LogP contribution in [0.5, 0.6) is 0 Å². The highest BCUT2D eigenvalue weighted by Crippen LogP contribution is 2.16. The van der Waals surface area contributed by atoms with Gasteiger partial charge in [0.15, 0.2) is 0 Å². The lowest BCUT2D eigenvalue weighted by atomic mass is 9.99. The third-order valence-electron chi connectivity index (χ3n) is 4.43. The van der Waals surface area contributed by atoms with E-state index >= 15 is 0 Å². The van der Waals surface area contributed by atoms with Crippen molar-refractivity contribution in [3.8, 4) is 0 Å². The Balaban J connectivity index is 2.66. The van der Waals surface area contributed by atoms with E-state index in [1.165, 1.54) is 0 Å². The summed E-state index contributed by atoms with van der Waals surface area (Å²) in [7, 11) is 0. The van der Waals surface area contributed by atoms with Crippen molar-refractivity contribution in [1.29, 1.82) is 0 Å². The maximum Gasteiger partial charge on any atom is 0.220 e. The summed E-state index contributed by atoms with van der Waals surface area (Å²) < 4.78 is 1.95. The molecule has 0 aliphatic heterocycles. The summed E-state index contributed by atoms with van der Waals surface area (Å²) in [5.41, 5.74) is 4.25. The third kappa shape index (κ3) is 5.50. The molecule has 1 rings (SSSR count). The second kappa shape index (κ2) is 8.87. The number of aromatic nitrogens is 2. The Morgan fingerprint density at radius 3 is 2.61 bits per heavy atom. The van der Waals surface area contributed by atoms with Crippen molar-refractivity contribution < 1.29 is 9.90 Å². The van der Waals surface area contributed by atoms with Gasteiger partial charge >= 0.3 is 0 Å². The standard InChI is InChI=1S/C18H31N3O2/c1-7-13(4)17(11-22)19-18(23)9-8-16-14(5)20-21(15(16)6)10-12(2)3/h13,17,22H,2,7-11H2,1,3-6H3,(H,19,23)/t13-,17-/m0/s1. The van der Waals surface area contributed by atoms with E-state index in [-0.39, 0.29) is 24.5 Å². The number of aryl methyl sites for hydroxylation is 1. The average Bonchev–Trinajstić information content (AvgIpc) is 2.75. The van der Waals surface area contributed by atoms with Crippen molar-refractivity contribution in [1.82, 2.24) is 15.1 Å². The van der Waals surface area contributed by atoms with Gasteiger partial charge < -0.3 is 10.4 Å². The van der Waals surface area contributed by atoms with Crippen LogP contribution in [-0.2, 0) is 17.8 Å². The number of nitrogens with zero attached hydrogens (tertiary/aromatic N) is 2. The lowest BCUT2D eigenvalue weighted by Crippen LogP contribution is -2.41. The summed E-state index contributed by atoms with van der Waals surface area (Å²) in [5, 5.41) is 16.9. The summed E-state index contributed by atoms with van der Waals surface area (Å²) in [4.78, 5) is 12.1. The molecule has 5 nitrogen and oxygen atoms in total. The van der Waals surface area contributed by atoms with Gasteiger partial charge in [0.2, 0.25) is 5.91 Å². The molecule has 0 aromatic carbocycles. The second-order valence-corrected chi connectivity index (χ2v) is 6.51. The van der Waals surface area contributed by atoms with Crippen LogP contribution in [0.2, 0.25) is 0 Å². The van der Waals surface area contributed by atoms with Crippen molar-refractivity contribution in [3.63, 3.8) is 0 Å². The number of amides is 1. The Hall–Kier alpha value is -1.62. The lowest BCUT2D eigenvalue weighted by Gasteiger charge is -2.22. The smallest absolute Gasteiger partial charge is 0.220 e. The first-order chi connectivity index (χ1) is 10.8. The molecule has 2 N–H and O–H groups in total. The fourth-order valence-corrected chi connectivity index (χ4v) is 2.68. The first-order valence-corrected chi connectivity index (χ1v) is 8.37. The number of allylic oxidation sites excluding steroid dienone is 1. The minimum absolute atomic E-state index is 0.0178. The van der Waals surface area contributed by atoms with Crippen LogP contribution in [-0.4, -0.2) is 33.4 Å². The van der Waals surface area contributed by atoms with Crippen LogP contribution in [0.15, 0.2) is 12.2 Å². The third-order valence-corrected chi connectivity index (χ3v) is 4.43. The topological polar surface area (TPSA) is 67.2 Å². The first kappa shape index (κ1) is 19.4. The number of aliphatic hydroxyl groups is 1. The predicted molar refractivity (Wildman–Crippen MR) is 93.3 cm³/mol. The van der Waals surface area contributed by atoms with Crippen LogP contribution in [0.3, 0.4) is 0 Å². The van der Waals surface area contributed by atoms with Crippen molar-refractivity contribution in [2.75, 3.05) is 6.61 Å². The van der Waals surface area contributed by atoms with E-state index in [0.717, 1.165) is 28.9 Å². The number of nitrogens with one attached hydrogen (secondary N) is 1. The monoisotopic (exact) mass is 321 g/mol. The van der Waals surface area contributed by atoms with Crippen LogP contribution in [0.25, 0.3) is 0 Å². The number of aliphatic hydroxyl groups excluding tert-OH is 1. The molecule has 2 atom stereocenters. The predicted octanol–water partition coefficient (Wildman–Crippen LogP) is 2.53. The molecular formula is C18H31N3O2. The molecule has 1 aromatic heterocycles. The summed E-state index contributed by atoms with van der Waals surface area (Å²) in [6.07, 6.45) is 2.00. The van der Waals surface area contributed by atoms with Gasteiger partial charge in [0.25, 0.3) is 0 Å². The van der Waals surface area contributed by atoms with Gasteiger partial charge in [-0.1, -0.05) is 32.4 Å². The highest BCUT2D eigenvalue weighted by molar-refractivity contribution is 5.76. The summed E-state index contributed by atoms with van der Waals surface area (Å²) >= 11 is 0. The zero-order valence-electron chi connectivity index (χ0n) is 15.1. The van der Waals surface area contributed by atoms with Crippen LogP contribution >= 0.6 is 0 Å². The molecule has 1 heterocycles. The van der Waals surface area contributed by atoms with E-state index < -0.39 is 0 Å². The van der Waals surface area contributed by atoms with Crippen LogP contribution < -0.4 is 5.32 Å². The molecule has 0 radical (unpaired) electrons. The van der Waals surface area contributed by atoms with E-state index in [1.807, 2.05) is 32.4 Å². The molecule has 0 saturated heterocycles. The highest BCUT2D eigenvalue weighted by atomic mass is 16.3. The molecule has 1 aromatic rings. The molecule has 0 fully saturated rings. The minimum Gasteiger partial charge on any atom is -0.394 e. The molecule has 23 heavy (non-hydrogen) atoms. The van der Waals surface area contributed by atoms with E-state index in [4.69, 9.17) is 0 Å². The van der Waals surface area contributed by atoms with Gasteiger partial charge in [0.05, 0.1) is 24.9 Å². The Labute approximate surface area is 139 Å². The molecule has 0 aliphatic carbocycles. The largest absolute Gasteiger partial charge is 0.394 e. The molecular weight excluding hydrogens is 290 g/mol. The Bertz CT molecular complexity index is 549. The summed E-state index contributed by atoms with van der Waals surface area (Å²) in [6.45, 7) is 14.7. The summed E-state index contributed by atoms with van der Waals surface area (Å²) in [6, 6.07) is -0.166. The average molecular weight is 321 g/mol. The van der Waals surface area contributed by atoms with Crippen molar-refractivity contribution in [3.05, 3.63) is 29.1 Å². The SMILES string of the molecule is C=C(C)Cn1nc(C)c(CCC(=O)N[C@@H](CO)[C@@H](C)CC)c1C. The fraction of sp³-hybridized carbons (Fsp3) is 0.667. The van der Waals surface area contributed by atoms with E-state index in [0.29, 0.717) is 19.4 Å². The first-order valence-electron chi connectivity index (χ1n) is 8.37. The maximum atomic E-state index is 12.1. The normalized spacial score (nSPS) is 13.7. The molecule has 0 saturated carbocycles. The molecule has 0 aliphatic rings. The number of hydrogen-bond acceptors (Lipinski definition) is 3. The van der Waals surface area contributed by atoms with E-state index in [1.54, 1.807) is 0 Å². The number of carbonyl (C=O) groups is 1. The van der Waals surface area contributed by atoms with Gasteiger partial charge in [0, 0.05) is 12.1 Å². The van der Waals surface area contributed by atoms with E-state index in [2.05, 4.69) is 23.9 Å². The molecule has 0 bridgehead atoms. The van der Waals surface area contributed by atoms with Gasteiger partial charge in [-0.3, -0.25) is 9.48 Å². The Morgan fingerprint density at radius 1 is 1.43 bits per heavy atom. The van der Waals surface area contributed by atoms with Crippen molar-refractivity contribution in [2.45, 2.75) is 66.5 Å². The van der Waals surface area contributed by atoms with Crippen LogP contribution in [0, 0.1) is 19.8 Å². The van der Waals surface area contributed by atoms with Gasteiger partial charge in [-0.25, -0.2) is 0 Å². The lowest BCUT2D eigenvalue weighted by molar-refractivity contribution is -0.122. The molecule has 0 unspecified atom stereocenters. The van der Waals surface area contributed by atoms with Crippen molar-refractivity contribution >= 4 is 5.91 Å². The van der Waals surface area contributed by atoms with Crippen LogP contribution in [0.4, 0.5) is 0 Å². The zero-order valence-corrected chi connectivity index (χ0v) is 15.1. The number of carbonyl (C=O) groups excluding carboxylic acids is 1. The van der Waals surface area contributed by atoms with Gasteiger partial charge in [-0.15, -0.1) is 0 Å². The summed E-state index contributed by atoms with van der Waals surface area (Å²) in [5.74, 6) is 0.251. The number of hydrogen-bond donors (Lipinski definition) is 2. The van der Waals surface area contributed by atoms with Gasteiger partial charge in [-0.2, -0.15) is 5.10 Å². The van der Waals surface area contributed by atoms with E-state index in [9.17, 15) is 9.90 Å². The number of rotatable bonds is 9. The zero-order chi connectivity index (χ0) is 17.6. The fourth-order valence-electron chi connectivity index (χ4n) is 2.68.